The van der Waals surface area contributed by atoms with Crippen molar-refractivity contribution in [1.82, 2.24) is 4.90 Å². The van der Waals surface area contributed by atoms with Gasteiger partial charge < -0.3 is 14.2 Å². The van der Waals surface area contributed by atoms with Crippen LogP contribution in [-0.2, 0) is 15.0 Å². The van der Waals surface area contributed by atoms with Crippen LogP contribution in [-0.4, -0.2) is 49.0 Å². The number of nitriles is 1. The minimum atomic E-state index is -1.36. The van der Waals surface area contributed by atoms with Gasteiger partial charge in [-0.05, 0) is 49.6 Å². The van der Waals surface area contributed by atoms with Crippen molar-refractivity contribution in [2.75, 3.05) is 27.3 Å². The highest BCUT2D eigenvalue weighted by atomic mass is 16.7. The van der Waals surface area contributed by atoms with E-state index in [4.69, 9.17) is 14.2 Å². The average molecular weight is 496 g/mol. The van der Waals surface area contributed by atoms with Gasteiger partial charge in [0.1, 0.15) is 17.4 Å². The molecule has 2 aromatic carbocycles. The van der Waals surface area contributed by atoms with Crippen molar-refractivity contribution in [1.29, 1.82) is 5.26 Å². The van der Waals surface area contributed by atoms with Crippen LogP contribution in [0.1, 0.15) is 51.8 Å². The summed E-state index contributed by atoms with van der Waals surface area (Å²) in [5.41, 5.74) is -0.321. The SMILES string of the molecule is COc1ccc([C@](C#N)([C@H](C[N+](=O)[O-])C(C)(C)C)N(C)[C@H]2COC(C)(C)O[C@H]2c2ccccc2)cc1. The molecular formula is C28H37N3O5. The summed E-state index contributed by atoms with van der Waals surface area (Å²) in [7, 11) is 3.42. The molecule has 1 fully saturated rings. The molecule has 1 aliphatic rings. The number of nitro groups is 1. The molecule has 0 aromatic heterocycles. The summed E-state index contributed by atoms with van der Waals surface area (Å²) in [6, 6.07) is 19.2. The van der Waals surface area contributed by atoms with Gasteiger partial charge in [0.05, 0.1) is 31.7 Å². The van der Waals surface area contributed by atoms with E-state index in [1.807, 2.05) is 89.0 Å². The zero-order valence-electron chi connectivity index (χ0n) is 22.2. The molecule has 0 unspecified atom stereocenters. The molecule has 1 aliphatic heterocycles. The first-order valence-electron chi connectivity index (χ1n) is 12.1. The molecule has 4 atom stereocenters. The Morgan fingerprint density at radius 1 is 1.19 bits per heavy atom. The molecule has 194 valence electrons. The third kappa shape index (κ3) is 5.54. The largest absolute Gasteiger partial charge is 0.497 e. The van der Waals surface area contributed by atoms with Gasteiger partial charge >= 0.3 is 0 Å². The zero-order valence-corrected chi connectivity index (χ0v) is 22.2. The number of hydrogen-bond acceptors (Lipinski definition) is 7. The Hall–Kier alpha value is -2.99. The number of nitrogens with zero attached hydrogens (tertiary/aromatic N) is 3. The summed E-state index contributed by atoms with van der Waals surface area (Å²) >= 11 is 0. The van der Waals surface area contributed by atoms with E-state index in [-0.39, 0.29) is 18.1 Å². The van der Waals surface area contributed by atoms with E-state index in [0.29, 0.717) is 11.3 Å². The van der Waals surface area contributed by atoms with E-state index < -0.39 is 34.8 Å². The van der Waals surface area contributed by atoms with Crippen LogP contribution in [0, 0.1) is 32.8 Å². The molecule has 8 nitrogen and oxygen atoms in total. The van der Waals surface area contributed by atoms with E-state index in [0.717, 1.165) is 5.56 Å². The van der Waals surface area contributed by atoms with Gasteiger partial charge in [-0.15, -0.1) is 0 Å². The summed E-state index contributed by atoms with van der Waals surface area (Å²) in [6.07, 6.45) is -0.415. The molecule has 0 bridgehead atoms. The predicted molar refractivity (Wildman–Crippen MR) is 137 cm³/mol. The molecule has 0 saturated carbocycles. The second-order valence-electron chi connectivity index (χ2n) is 10.9. The van der Waals surface area contributed by atoms with Gasteiger partial charge in [0.25, 0.3) is 0 Å². The van der Waals surface area contributed by atoms with Crippen molar-refractivity contribution in [3.05, 3.63) is 75.8 Å². The Morgan fingerprint density at radius 2 is 1.81 bits per heavy atom. The van der Waals surface area contributed by atoms with Crippen LogP contribution in [0.5, 0.6) is 5.75 Å². The molecule has 2 aromatic rings. The smallest absolute Gasteiger partial charge is 0.210 e. The van der Waals surface area contributed by atoms with E-state index >= 15 is 0 Å². The second-order valence-corrected chi connectivity index (χ2v) is 10.9. The van der Waals surface area contributed by atoms with Gasteiger partial charge in [-0.1, -0.05) is 63.2 Å². The number of methoxy groups -OCH3 is 1. The van der Waals surface area contributed by atoms with Gasteiger partial charge in [-0.3, -0.25) is 15.0 Å². The lowest BCUT2D eigenvalue weighted by Gasteiger charge is -2.52. The number of hydrogen-bond donors (Lipinski definition) is 0. The second kappa shape index (κ2) is 10.6. The summed E-state index contributed by atoms with van der Waals surface area (Å²) in [6.45, 7) is 9.47. The maximum Gasteiger partial charge on any atom is 0.210 e. The summed E-state index contributed by atoms with van der Waals surface area (Å²) < 4.78 is 17.8. The molecular weight excluding hydrogens is 458 g/mol. The Labute approximate surface area is 213 Å². The zero-order chi connectivity index (χ0) is 26.7. The molecule has 0 spiro atoms. The van der Waals surface area contributed by atoms with Gasteiger partial charge in [-0.25, -0.2) is 0 Å². The van der Waals surface area contributed by atoms with Gasteiger partial charge in [0.15, 0.2) is 5.79 Å². The predicted octanol–water partition coefficient (Wildman–Crippen LogP) is 5.18. The van der Waals surface area contributed by atoms with E-state index in [1.54, 1.807) is 19.2 Å². The highest BCUT2D eigenvalue weighted by molar-refractivity contribution is 5.38. The van der Waals surface area contributed by atoms with Crippen LogP contribution in [0.4, 0.5) is 0 Å². The lowest BCUT2D eigenvalue weighted by molar-refractivity contribution is -0.495. The highest BCUT2D eigenvalue weighted by Crippen LogP contribution is 2.48. The van der Waals surface area contributed by atoms with E-state index in [9.17, 15) is 15.4 Å². The van der Waals surface area contributed by atoms with E-state index in [2.05, 4.69) is 6.07 Å². The first kappa shape index (κ1) is 27.6. The monoisotopic (exact) mass is 495 g/mol. The van der Waals surface area contributed by atoms with E-state index in [1.165, 1.54) is 0 Å². The van der Waals surface area contributed by atoms with Gasteiger partial charge in [0, 0.05) is 4.92 Å². The van der Waals surface area contributed by atoms with Gasteiger partial charge in [0.2, 0.25) is 6.54 Å². The number of ether oxygens (including phenoxy) is 3. The fourth-order valence-electron chi connectivity index (χ4n) is 5.20. The normalized spacial score (nSPS) is 22.3. The highest BCUT2D eigenvalue weighted by Gasteiger charge is 2.56. The van der Waals surface area contributed by atoms with Crippen LogP contribution in [0.25, 0.3) is 0 Å². The van der Waals surface area contributed by atoms with Crippen molar-refractivity contribution in [3.63, 3.8) is 0 Å². The molecule has 1 saturated heterocycles. The summed E-state index contributed by atoms with van der Waals surface area (Å²) in [5.74, 6) is -0.838. The standard InChI is InChI=1S/C28H37N3O5/c1-26(2,3)24(17-31(32)33)28(19-29,21-13-15-22(34-7)16-14-21)30(6)23-18-35-27(4,5)36-25(23)20-11-9-8-10-12-20/h8-16,23-25H,17-18H2,1-7H3/t23-,24+,25-,28+/m0/s1. The van der Waals surface area contributed by atoms with Crippen LogP contribution < -0.4 is 4.74 Å². The van der Waals surface area contributed by atoms with Crippen molar-refractivity contribution in [2.45, 2.75) is 58.1 Å². The Morgan fingerprint density at radius 3 is 2.31 bits per heavy atom. The molecule has 36 heavy (non-hydrogen) atoms. The van der Waals surface area contributed by atoms with Crippen LogP contribution >= 0.6 is 0 Å². The maximum atomic E-state index is 11.9. The third-order valence-corrected chi connectivity index (χ3v) is 7.13. The molecule has 8 heteroatoms. The quantitative estimate of drug-likeness (QED) is 0.368. The van der Waals surface area contributed by atoms with Crippen LogP contribution in [0.2, 0.25) is 0 Å². The Kier molecular flexibility index (Phi) is 8.09. The fourth-order valence-corrected chi connectivity index (χ4v) is 5.20. The van der Waals surface area contributed by atoms with Crippen molar-refractivity contribution >= 4 is 0 Å². The average Bonchev–Trinajstić information content (AvgIpc) is 2.83. The summed E-state index contributed by atoms with van der Waals surface area (Å²) in [4.78, 5) is 13.5. The van der Waals surface area contributed by atoms with Gasteiger partial charge in [-0.2, -0.15) is 5.26 Å². The molecule has 0 radical (unpaired) electrons. The fraction of sp³-hybridized carbons (Fsp3) is 0.536. The minimum absolute atomic E-state index is 0.290. The summed E-state index contributed by atoms with van der Waals surface area (Å²) in [5, 5.41) is 22.9. The van der Waals surface area contributed by atoms with Crippen molar-refractivity contribution in [2.24, 2.45) is 11.3 Å². The van der Waals surface area contributed by atoms with Crippen LogP contribution in [0.15, 0.2) is 54.6 Å². The Bertz CT molecular complexity index is 1080. The lowest BCUT2D eigenvalue weighted by atomic mass is 9.65. The molecule has 1 heterocycles. The Balaban J connectivity index is 2.23. The third-order valence-electron chi connectivity index (χ3n) is 7.13. The molecule has 0 N–H and O–H groups in total. The number of benzene rings is 2. The number of rotatable bonds is 8. The first-order valence-corrected chi connectivity index (χ1v) is 12.1. The minimum Gasteiger partial charge on any atom is -0.497 e. The molecule has 0 amide bonds. The van der Waals surface area contributed by atoms with Crippen molar-refractivity contribution < 1.29 is 19.1 Å². The number of likely N-dealkylation sites (N-methyl/N-ethyl adjacent to an activating group) is 1. The van der Waals surface area contributed by atoms with Crippen molar-refractivity contribution in [3.8, 4) is 11.8 Å². The van der Waals surface area contributed by atoms with Crippen LogP contribution in [0.3, 0.4) is 0 Å². The molecule has 3 rings (SSSR count). The first-order chi connectivity index (χ1) is 16.9. The topological polar surface area (TPSA) is 97.9 Å². The maximum absolute atomic E-state index is 11.9. The lowest BCUT2D eigenvalue weighted by Crippen LogP contribution is -2.62. The molecule has 0 aliphatic carbocycles.